The summed E-state index contributed by atoms with van der Waals surface area (Å²) in [6, 6.07) is 15.2. The quantitative estimate of drug-likeness (QED) is 0.458. The molecule has 1 saturated heterocycles. The van der Waals surface area contributed by atoms with E-state index in [4.69, 9.17) is 16.3 Å². The van der Waals surface area contributed by atoms with Gasteiger partial charge in [0.25, 0.3) is 0 Å². The molecule has 31 heavy (non-hydrogen) atoms. The Morgan fingerprint density at radius 3 is 2.68 bits per heavy atom. The van der Waals surface area contributed by atoms with Crippen molar-refractivity contribution in [3.05, 3.63) is 70.6 Å². The van der Waals surface area contributed by atoms with Crippen LogP contribution in [0.4, 0.5) is 4.39 Å². The van der Waals surface area contributed by atoms with Gasteiger partial charge < -0.3 is 14.2 Å². The van der Waals surface area contributed by atoms with Gasteiger partial charge in [0.1, 0.15) is 11.0 Å². The molecule has 1 aliphatic heterocycles. The first kappa shape index (κ1) is 21.8. The SMILES string of the molecule is CCOC(=O)Cc1ccc2cc(Cl)n(C3CCN(CCc4cccc(F)c4)CC3)c2c1. The monoisotopic (exact) mass is 442 g/mol. The van der Waals surface area contributed by atoms with Crippen LogP contribution in [0, 0.1) is 5.82 Å². The number of halogens is 2. The largest absolute Gasteiger partial charge is 0.466 e. The number of carbonyl (C=O) groups excluding carboxylic acids is 1. The van der Waals surface area contributed by atoms with E-state index in [1.807, 2.05) is 31.2 Å². The smallest absolute Gasteiger partial charge is 0.310 e. The zero-order valence-electron chi connectivity index (χ0n) is 17.8. The highest BCUT2D eigenvalue weighted by molar-refractivity contribution is 6.31. The van der Waals surface area contributed by atoms with Crippen LogP contribution < -0.4 is 0 Å². The van der Waals surface area contributed by atoms with Gasteiger partial charge in [0.2, 0.25) is 0 Å². The minimum Gasteiger partial charge on any atom is -0.466 e. The van der Waals surface area contributed by atoms with Crippen LogP contribution in [-0.2, 0) is 22.4 Å². The molecule has 0 amide bonds. The fraction of sp³-hybridized carbons (Fsp3) is 0.400. The summed E-state index contributed by atoms with van der Waals surface area (Å²) in [5, 5.41) is 1.83. The fourth-order valence-electron chi connectivity index (χ4n) is 4.47. The molecule has 4 rings (SSSR count). The molecule has 0 spiro atoms. The molecule has 1 fully saturated rings. The molecule has 3 aromatic rings. The lowest BCUT2D eigenvalue weighted by molar-refractivity contribution is -0.142. The molecule has 2 heterocycles. The van der Waals surface area contributed by atoms with Crippen LogP contribution in [0.1, 0.15) is 36.9 Å². The number of ether oxygens (including phenoxy) is 1. The highest BCUT2D eigenvalue weighted by Gasteiger charge is 2.23. The number of nitrogens with zero attached hydrogens (tertiary/aromatic N) is 2. The number of carbonyl (C=O) groups is 1. The number of esters is 1. The first-order valence-corrected chi connectivity index (χ1v) is 11.3. The summed E-state index contributed by atoms with van der Waals surface area (Å²) in [6.45, 7) is 5.11. The number of fused-ring (bicyclic) bond motifs is 1. The van der Waals surface area contributed by atoms with Crippen LogP contribution in [0.3, 0.4) is 0 Å². The van der Waals surface area contributed by atoms with Crippen molar-refractivity contribution in [1.29, 1.82) is 0 Å². The topological polar surface area (TPSA) is 34.5 Å². The van der Waals surface area contributed by atoms with Crippen LogP contribution in [0.5, 0.6) is 0 Å². The Morgan fingerprint density at radius 1 is 1.13 bits per heavy atom. The molecule has 4 nitrogen and oxygen atoms in total. The predicted molar refractivity (Wildman–Crippen MR) is 122 cm³/mol. The number of benzene rings is 2. The van der Waals surface area contributed by atoms with Gasteiger partial charge in [-0.2, -0.15) is 0 Å². The van der Waals surface area contributed by atoms with Crippen molar-refractivity contribution in [3.63, 3.8) is 0 Å². The second-order valence-corrected chi connectivity index (χ2v) is 8.55. The van der Waals surface area contributed by atoms with Crippen molar-refractivity contribution in [2.45, 2.75) is 38.6 Å². The molecule has 2 aromatic carbocycles. The molecule has 0 atom stereocenters. The number of hydrogen-bond donors (Lipinski definition) is 0. The Kier molecular flexibility index (Phi) is 6.93. The molecular formula is C25H28ClFN2O2. The van der Waals surface area contributed by atoms with E-state index in [1.165, 1.54) is 6.07 Å². The van der Waals surface area contributed by atoms with Crippen LogP contribution in [0.15, 0.2) is 48.5 Å². The minimum absolute atomic E-state index is 0.173. The Hall–Kier alpha value is -2.37. The molecule has 0 saturated carbocycles. The summed E-state index contributed by atoms with van der Waals surface area (Å²) in [5.74, 6) is -0.384. The number of aromatic nitrogens is 1. The first-order chi connectivity index (χ1) is 15.0. The van der Waals surface area contributed by atoms with E-state index in [2.05, 4.69) is 15.5 Å². The van der Waals surface area contributed by atoms with Crippen molar-refractivity contribution in [2.75, 3.05) is 26.2 Å². The van der Waals surface area contributed by atoms with Gasteiger partial charge in [-0.05, 0) is 61.6 Å². The molecule has 0 aliphatic carbocycles. The summed E-state index contributed by atoms with van der Waals surface area (Å²) in [4.78, 5) is 14.3. The van der Waals surface area contributed by atoms with Gasteiger partial charge in [-0.1, -0.05) is 35.9 Å². The van der Waals surface area contributed by atoms with Gasteiger partial charge in [-0.15, -0.1) is 0 Å². The van der Waals surface area contributed by atoms with E-state index in [-0.39, 0.29) is 18.2 Å². The number of likely N-dealkylation sites (tertiary alicyclic amines) is 1. The van der Waals surface area contributed by atoms with Crippen LogP contribution in [-0.4, -0.2) is 41.7 Å². The Labute approximate surface area is 187 Å². The maximum atomic E-state index is 13.4. The third-order valence-electron chi connectivity index (χ3n) is 6.04. The summed E-state index contributed by atoms with van der Waals surface area (Å²) >= 11 is 6.62. The van der Waals surface area contributed by atoms with Crippen molar-refractivity contribution < 1.29 is 13.9 Å². The molecule has 1 aromatic heterocycles. The number of hydrogen-bond acceptors (Lipinski definition) is 3. The van der Waals surface area contributed by atoms with E-state index in [0.717, 1.165) is 66.1 Å². The Morgan fingerprint density at radius 2 is 1.94 bits per heavy atom. The van der Waals surface area contributed by atoms with Gasteiger partial charge in [0, 0.05) is 36.6 Å². The normalized spacial score (nSPS) is 15.5. The Balaban J connectivity index is 1.42. The van der Waals surface area contributed by atoms with Crippen molar-refractivity contribution >= 4 is 28.5 Å². The van der Waals surface area contributed by atoms with E-state index in [9.17, 15) is 9.18 Å². The van der Waals surface area contributed by atoms with Crippen LogP contribution in [0.2, 0.25) is 5.15 Å². The van der Waals surface area contributed by atoms with E-state index < -0.39 is 0 Å². The number of rotatable bonds is 7. The summed E-state index contributed by atoms with van der Waals surface area (Å²) < 4.78 is 20.7. The van der Waals surface area contributed by atoms with Crippen LogP contribution >= 0.6 is 11.6 Å². The second kappa shape index (κ2) is 9.84. The summed E-state index contributed by atoms with van der Waals surface area (Å²) in [7, 11) is 0. The third kappa shape index (κ3) is 5.28. The van der Waals surface area contributed by atoms with Crippen molar-refractivity contribution in [2.24, 2.45) is 0 Å². The summed E-state index contributed by atoms with van der Waals surface area (Å²) in [5.41, 5.74) is 3.05. The Bertz CT molecular complexity index is 1060. The molecule has 0 unspecified atom stereocenters. The summed E-state index contributed by atoms with van der Waals surface area (Å²) in [6.07, 6.45) is 3.14. The molecule has 164 valence electrons. The van der Waals surface area contributed by atoms with Gasteiger partial charge in [-0.3, -0.25) is 4.79 Å². The predicted octanol–water partition coefficient (Wildman–Crippen LogP) is 5.42. The third-order valence-corrected chi connectivity index (χ3v) is 6.33. The van der Waals surface area contributed by atoms with Gasteiger partial charge in [-0.25, -0.2) is 4.39 Å². The van der Waals surface area contributed by atoms with E-state index in [0.29, 0.717) is 12.6 Å². The van der Waals surface area contributed by atoms with E-state index >= 15 is 0 Å². The van der Waals surface area contributed by atoms with Crippen LogP contribution in [0.25, 0.3) is 10.9 Å². The maximum absolute atomic E-state index is 13.4. The average Bonchev–Trinajstić information content (AvgIpc) is 3.08. The first-order valence-electron chi connectivity index (χ1n) is 10.9. The lowest BCUT2D eigenvalue weighted by atomic mass is 10.0. The fourth-order valence-corrected chi connectivity index (χ4v) is 4.82. The van der Waals surface area contributed by atoms with Gasteiger partial charge >= 0.3 is 5.97 Å². The molecule has 0 N–H and O–H groups in total. The molecule has 1 aliphatic rings. The maximum Gasteiger partial charge on any atom is 0.310 e. The lowest BCUT2D eigenvalue weighted by Gasteiger charge is -2.33. The van der Waals surface area contributed by atoms with E-state index in [1.54, 1.807) is 12.1 Å². The zero-order chi connectivity index (χ0) is 21.8. The van der Waals surface area contributed by atoms with Gasteiger partial charge in [0.05, 0.1) is 13.0 Å². The van der Waals surface area contributed by atoms with Gasteiger partial charge in [0.15, 0.2) is 0 Å². The minimum atomic E-state index is -0.211. The average molecular weight is 443 g/mol. The van der Waals surface area contributed by atoms with Crippen molar-refractivity contribution in [3.8, 4) is 0 Å². The molecular weight excluding hydrogens is 415 g/mol. The zero-order valence-corrected chi connectivity index (χ0v) is 18.6. The molecule has 0 radical (unpaired) electrons. The highest BCUT2D eigenvalue weighted by atomic mass is 35.5. The second-order valence-electron chi connectivity index (χ2n) is 8.16. The lowest BCUT2D eigenvalue weighted by Crippen LogP contribution is -2.36. The standard InChI is InChI=1S/C25H28ClFN2O2/c1-2-31-25(30)16-19-6-7-20-17-24(26)29(23(20)15-19)22-9-12-28(13-10-22)11-8-18-4-3-5-21(27)14-18/h3-7,14-15,17,22H,2,8-13,16H2,1H3. The highest BCUT2D eigenvalue weighted by Crippen LogP contribution is 2.33. The number of piperidine rings is 1. The molecule has 6 heteroatoms. The molecule has 0 bridgehead atoms. The van der Waals surface area contributed by atoms with Crippen molar-refractivity contribution in [1.82, 2.24) is 9.47 Å².